The molecule has 0 saturated carbocycles. The molecule has 140 valence electrons. The molecule has 0 aliphatic carbocycles. The summed E-state index contributed by atoms with van der Waals surface area (Å²) >= 11 is 6.00. The molecule has 4 rings (SSSR count). The molecule has 2 aromatic heterocycles. The lowest BCUT2D eigenvalue weighted by Crippen LogP contribution is -2.45. The van der Waals surface area contributed by atoms with Crippen LogP contribution in [0.15, 0.2) is 42.6 Å². The minimum atomic E-state index is -0.453. The summed E-state index contributed by atoms with van der Waals surface area (Å²) < 4.78 is 15.8. The highest BCUT2D eigenvalue weighted by Gasteiger charge is 2.24. The summed E-state index contributed by atoms with van der Waals surface area (Å²) in [6.45, 7) is 1.53. The third kappa shape index (κ3) is 3.73. The van der Waals surface area contributed by atoms with Crippen molar-refractivity contribution < 1.29 is 9.18 Å². The number of nitrogens with one attached hydrogen (secondary N) is 1. The van der Waals surface area contributed by atoms with Crippen molar-refractivity contribution in [3.8, 4) is 0 Å². The van der Waals surface area contributed by atoms with Gasteiger partial charge in [-0.3, -0.25) is 9.20 Å². The number of carbonyl (C=O) groups is 1. The second-order valence-corrected chi connectivity index (χ2v) is 7.04. The highest BCUT2D eigenvalue weighted by Crippen LogP contribution is 2.21. The van der Waals surface area contributed by atoms with Crippen molar-refractivity contribution >= 4 is 29.1 Å². The van der Waals surface area contributed by atoms with Crippen LogP contribution in [0.1, 0.15) is 18.4 Å². The molecule has 1 fully saturated rings. The zero-order chi connectivity index (χ0) is 18.8. The maximum Gasteiger partial charge on any atom is 0.231 e. The number of piperidine rings is 1. The lowest BCUT2D eigenvalue weighted by Gasteiger charge is -2.32. The Morgan fingerprint density at radius 2 is 2.00 bits per heavy atom. The number of aromatic nitrogens is 3. The van der Waals surface area contributed by atoms with Crippen LogP contribution in [0, 0.1) is 5.82 Å². The van der Waals surface area contributed by atoms with E-state index < -0.39 is 5.82 Å². The summed E-state index contributed by atoms with van der Waals surface area (Å²) in [4.78, 5) is 14.5. The quantitative estimate of drug-likeness (QED) is 0.747. The molecule has 6 nitrogen and oxygen atoms in total. The fourth-order valence-electron chi connectivity index (χ4n) is 3.41. The number of hydrogen-bond acceptors (Lipinski definition) is 4. The van der Waals surface area contributed by atoms with Gasteiger partial charge in [-0.15, -0.1) is 10.2 Å². The monoisotopic (exact) mass is 387 g/mol. The molecule has 1 N–H and O–H groups in total. The summed E-state index contributed by atoms with van der Waals surface area (Å²) in [5.74, 6) is 0.146. The number of carbonyl (C=O) groups excluding carboxylic acids is 1. The van der Waals surface area contributed by atoms with E-state index in [9.17, 15) is 9.18 Å². The summed E-state index contributed by atoms with van der Waals surface area (Å²) in [7, 11) is 0. The van der Waals surface area contributed by atoms with Crippen molar-refractivity contribution in [3.05, 3.63) is 59.0 Å². The molecule has 1 aliphatic heterocycles. The van der Waals surface area contributed by atoms with Gasteiger partial charge in [0.1, 0.15) is 5.82 Å². The average molecular weight is 388 g/mol. The standard InChI is InChI=1S/C19H19ClFN5O/c20-15-4-3-5-16(21)14(15)12-18(27)22-13-7-10-25(11-8-13)19-24-23-17-6-1-2-9-26(17)19/h1-6,9,13H,7-8,10-12H2,(H,22,27). The minimum Gasteiger partial charge on any atom is -0.353 e. The van der Waals surface area contributed by atoms with Gasteiger partial charge >= 0.3 is 0 Å². The lowest BCUT2D eigenvalue weighted by molar-refractivity contribution is -0.121. The van der Waals surface area contributed by atoms with E-state index in [-0.39, 0.29) is 29.0 Å². The average Bonchev–Trinajstić information content (AvgIpc) is 3.10. The Morgan fingerprint density at radius 1 is 1.19 bits per heavy atom. The molecule has 1 aromatic carbocycles. The first kappa shape index (κ1) is 17.7. The molecule has 3 heterocycles. The fourth-order valence-corrected chi connectivity index (χ4v) is 3.64. The van der Waals surface area contributed by atoms with Crippen LogP contribution in [-0.4, -0.2) is 39.6 Å². The fraction of sp³-hybridized carbons (Fsp3) is 0.316. The molecule has 0 spiro atoms. The maximum atomic E-state index is 13.8. The largest absolute Gasteiger partial charge is 0.353 e. The van der Waals surface area contributed by atoms with Crippen LogP contribution < -0.4 is 10.2 Å². The van der Waals surface area contributed by atoms with Crippen LogP contribution in [0.5, 0.6) is 0 Å². The molecular weight excluding hydrogens is 369 g/mol. The van der Waals surface area contributed by atoms with Crippen molar-refractivity contribution in [2.75, 3.05) is 18.0 Å². The van der Waals surface area contributed by atoms with Gasteiger partial charge in [-0.1, -0.05) is 23.7 Å². The van der Waals surface area contributed by atoms with Gasteiger partial charge < -0.3 is 10.2 Å². The van der Waals surface area contributed by atoms with Crippen LogP contribution in [-0.2, 0) is 11.2 Å². The summed E-state index contributed by atoms with van der Waals surface area (Å²) in [5.41, 5.74) is 1.05. The van der Waals surface area contributed by atoms with Crippen molar-refractivity contribution in [1.29, 1.82) is 0 Å². The molecule has 3 aromatic rings. The first-order chi connectivity index (χ1) is 13.1. The van der Waals surface area contributed by atoms with Gasteiger partial charge in [0.05, 0.1) is 6.42 Å². The third-order valence-electron chi connectivity index (χ3n) is 4.84. The Morgan fingerprint density at radius 3 is 2.78 bits per heavy atom. The summed E-state index contributed by atoms with van der Waals surface area (Å²) in [6.07, 6.45) is 3.47. The first-order valence-electron chi connectivity index (χ1n) is 8.89. The van der Waals surface area contributed by atoms with Gasteiger partial charge in [0.2, 0.25) is 11.9 Å². The van der Waals surface area contributed by atoms with Gasteiger partial charge in [0.25, 0.3) is 0 Å². The van der Waals surface area contributed by atoms with E-state index in [0.29, 0.717) is 0 Å². The SMILES string of the molecule is O=C(Cc1c(F)cccc1Cl)NC1CCN(c2nnc3ccccn23)CC1. The number of fused-ring (bicyclic) bond motifs is 1. The molecule has 0 unspecified atom stereocenters. The molecule has 0 radical (unpaired) electrons. The van der Waals surface area contributed by atoms with Gasteiger partial charge in [-0.05, 0) is 37.1 Å². The van der Waals surface area contributed by atoms with E-state index in [1.54, 1.807) is 6.07 Å². The second-order valence-electron chi connectivity index (χ2n) is 6.63. The Kier molecular flexibility index (Phi) is 4.94. The Bertz CT molecular complexity index is 947. The Balaban J connectivity index is 1.35. The number of anilines is 1. The van der Waals surface area contributed by atoms with Crippen molar-refractivity contribution in [3.63, 3.8) is 0 Å². The predicted octanol–water partition coefficient (Wildman–Crippen LogP) is 2.85. The van der Waals surface area contributed by atoms with Gasteiger partial charge in [-0.2, -0.15) is 0 Å². The van der Waals surface area contributed by atoms with Crippen molar-refractivity contribution in [2.24, 2.45) is 0 Å². The zero-order valence-electron chi connectivity index (χ0n) is 14.6. The predicted molar refractivity (Wildman–Crippen MR) is 101 cm³/mol. The molecule has 1 saturated heterocycles. The maximum absolute atomic E-state index is 13.8. The molecule has 27 heavy (non-hydrogen) atoms. The smallest absolute Gasteiger partial charge is 0.231 e. The number of nitrogens with zero attached hydrogens (tertiary/aromatic N) is 4. The number of benzene rings is 1. The molecular formula is C19H19ClFN5O. The topological polar surface area (TPSA) is 62.5 Å². The number of halogens is 2. The van der Waals surface area contributed by atoms with E-state index in [1.165, 1.54) is 12.1 Å². The molecule has 1 amide bonds. The number of pyridine rings is 1. The van der Waals surface area contributed by atoms with E-state index in [0.717, 1.165) is 37.5 Å². The molecule has 1 aliphatic rings. The summed E-state index contributed by atoms with van der Waals surface area (Å²) in [5, 5.41) is 11.7. The van der Waals surface area contributed by atoms with Gasteiger partial charge in [-0.25, -0.2) is 4.39 Å². The molecule has 0 atom stereocenters. The summed E-state index contributed by atoms with van der Waals surface area (Å²) in [6, 6.07) is 10.3. The van der Waals surface area contributed by atoms with Gasteiger partial charge in [0.15, 0.2) is 5.65 Å². The first-order valence-corrected chi connectivity index (χ1v) is 9.26. The Hall–Kier alpha value is -2.67. The highest BCUT2D eigenvalue weighted by atomic mass is 35.5. The van der Waals surface area contributed by atoms with E-state index in [4.69, 9.17) is 11.6 Å². The lowest BCUT2D eigenvalue weighted by atomic mass is 10.0. The van der Waals surface area contributed by atoms with E-state index >= 15 is 0 Å². The normalized spacial score (nSPS) is 15.3. The van der Waals surface area contributed by atoms with Crippen LogP contribution in [0.25, 0.3) is 5.65 Å². The minimum absolute atomic E-state index is 0.0542. The molecule has 0 bridgehead atoms. The zero-order valence-corrected chi connectivity index (χ0v) is 15.4. The highest BCUT2D eigenvalue weighted by molar-refractivity contribution is 6.31. The Labute approximate surface area is 161 Å². The van der Waals surface area contributed by atoms with Crippen LogP contribution >= 0.6 is 11.6 Å². The van der Waals surface area contributed by atoms with Crippen LogP contribution in [0.2, 0.25) is 5.02 Å². The van der Waals surface area contributed by atoms with Gasteiger partial charge in [0, 0.05) is 35.9 Å². The molecule has 8 heteroatoms. The third-order valence-corrected chi connectivity index (χ3v) is 5.19. The second kappa shape index (κ2) is 7.52. The number of rotatable bonds is 4. The van der Waals surface area contributed by atoms with Crippen LogP contribution in [0.3, 0.4) is 0 Å². The van der Waals surface area contributed by atoms with Crippen molar-refractivity contribution in [1.82, 2.24) is 19.9 Å². The van der Waals surface area contributed by atoms with E-state index in [1.807, 2.05) is 28.8 Å². The number of amides is 1. The van der Waals surface area contributed by atoms with Crippen molar-refractivity contribution in [2.45, 2.75) is 25.3 Å². The van der Waals surface area contributed by atoms with E-state index in [2.05, 4.69) is 20.4 Å². The number of hydrogen-bond donors (Lipinski definition) is 1. The van der Waals surface area contributed by atoms with Crippen LogP contribution in [0.4, 0.5) is 10.3 Å².